The van der Waals surface area contributed by atoms with Gasteiger partial charge in [0, 0.05) is 118 Å². The van der Waals surface area contributed by atoms with Gasteiger partial charge in [-0.15, -0.1) is 0 Å². The van der Waals surface area contributed by atoms with Crippen molar-refractivity contribution in [3.05, 3.63) is 113 Å². The summed E-state index contributed by atoms with van der Waals surface area (Å²) in [4.78, 5) is 49.6. The largest absolute Gasteiger partial charge is 0.492 e. The molecule has 2 aromatic carbocycles. The summed E-state index contributed by atoms with van der Waals surface area (Å²) in [6.07, 6.45) is 7.85. The number of H-pyrrole nitrogens is 1. The highest BCUT2D eigenvalue weighted by molar-refractivity contribution is 7.92. The van der Waals surface area contributed by atoms with E-state index in [9.17, 15) is 17.6 Å². The zero-order chi connectivity index (χ0) is 53.7. The number of benzene rings is 2. The number of hydrogen-bond donors (Lipinski definition) is 2. The van der Waals surface area contributed by atoms with Crippen LogP contribution >= 0.6 is 0 Å². The van der Waals surface area contributed by atoms with Crippen LogP contribution in [0.3, 0.4) is 0 Å². The number of piperazine rings is 2. The Morgan fingerprint density at radius 1 is 0.842 bits per heavy atom. The second kappa shape index (κ2) is 21.3. The summed E-state index contributed by atoms with van der Waals surface area (Å²) in [5.74, 6) is 2.17. The molecule has 2 N–H and O–H groups in total. The van der Waals surface area contributed by atoms with Crippen LogP contribution in [0, 0.1) is 25.6 Å². The first-order valence-corrected chi connectivity index (χ1v) is 28.4. The molecule has 10 rings (SSSR count). The Hall–Kier alpha value is -6.15. The molecule has 4 aliphatic rings. The second-order valence-corrected chi connectivity index (χ2v) is 26.1. The normalized spacial score (nSPS) is 20.9. The molecule has 0 aliphatic carbocycles. The minimum atomic E-state index is -3.80. The fourth-order valence-corrected chi connectivity index (χ4v) is 12.7. The number of anilines is 3. The summed E-state index contributed by atoms with van der Waals surface area (Å²) in [6, 6.07) is 14.9. The van der Waals surface area contributed by atoms with Gasteiger partial charge < -0.3 is 24.8 Å². The quantitative estimate of drug-likeness (QED) is 0.116. The fraction of sp³-hybridized carbons (Fsp3) is 0.526. The molecule has 6 aromatic rings. The van der Waals surface area contributed by atoms with Crippen LogP contribution in [0.1, 0.15) is 101 Å². The number of hydrogen-bond acceptors (Lipinski definition) is 15. The van der Waals surface area contributed by atoms with Crippen LogP contribution in [0.4, 0.5) is 21.7 Å². The van der Waals surface area contributed by atoms with Gasteiger partial charge in [0.1, 0.15) is 40.8 Å². The van der Waals surface area contributed by atoms with E-state index in [0.717, 1.165) is 116 Å². The number of aromatic nitrogens is 7. The molecular formula is C57H74FN13O4S. The van der Waals surface area contributed by atoms with Crippen LogP contribution in [-0.2, 0) is 32.9 Å². The molecule has 4 aliphatic heterocycles. The molecule has 404 valence electrons. The lowest BCUT2D eigenvalue weighted by Crippen LogP contribution is -2.63. The van der Waals surface area contributed by atoms with E-state index in [1.54, 1.807) is 51.4 Å². The average molecular weight is 1060 g/mol. The van der Waals surface area contributed by atoms with Crippen molar-refractivity contribution in [2.75, 3.05) is 86.8 Å². The first kappa shape index (κ1) is 53.3. The number of aryl methyl sites for hydroxylation is 1. The number of amides is 1. The first-order valence-electron chi connectivity index (χ1n) is 26.9. The molecule has 1 amide bonds. The Labute approximate surface area is 447 Å². The summed E-state index contributed by atoms with van der Waals surface area (Å²) >= 11 is 0. The number of pyridine rings is 1. The monoisotopic (exact) mass is 1060 g/mol. The third kappa shape index (κ3) is 11.2. The molecule has 76 heavy (non-hydrogen) atoms. The standard InChI is InChI=1S/C57H74FN13O4S/c1-36-28-70(31-54(72)71-33-57(8,9)55-49(71)21-42(26-60-55)20-40-10-12-43(58)13-11-40)44(27-59-36)30-68-18-19-69(29-37(68)2)53-25-52(63-35-64-53)67-16-14-41(15-17-67)32-75-50-24-48-45(22-51(50)76(73,74)56(5,6)7)47(61-34-62-48)23-46-38(3)39(4)65-66-46/h10-13,21-22,24-26,34-37,41,44,59H,14-20,23,27-33H2,1-9H3,(H,65,66)/t36-,37-,44-/m1/s1. The van der Waals surface area contributed by atoms with Crippen molar-refractivity contribution in [1.29, 1.82) is 0 Å². The molecule has 0 radical (unpaired) electrons. The SMILES string of the molecule is Cc1[nH]nc(Cc2ncnc3cc(OCC4CCN(c5cc(N6CCN(C[C@H]7CN[C@H](C)CN7CC(=O)N7CC(C)(C)c8ncc(Cc9ccc(F)cc9)cc87)[C@H](C)C6)ncn5)CC4)c(S(=O)(=O)C(C)(C)C)cc23)c1C. The van der Waals surface area contributed by atoms with E-state index in [-0.39, 0.29) is 46.1 Å². The van der Waals surface area contributed by atoms with Gasteiger partial charge in [-0.25, -0.2) is 32.7 Å². The minimum absolute atomic E-state index is 0.0862. The van der Waals surface area contributed by atoms with Crippen LogP contribution < -0.4 is 24.8 Å². The van der Waals surface area contributed by atoms with E-state index in [1.165, 1.54) is 18.5 Å². The Morgan fingerprint density at radius 2 is 1.58 bits per heavy atom. The maximum absolute atomic E-state index is 14.4. The molecule has 0 saturated carbocycles. The molecule has 3 saturated heterocycles. The molecule has 3 atom stereocenters. The van der Waals surface area contributed by atoms with E-state index in [0.29, 0.717) is 54.9 Å². The first-order chi connectivity index (χ1) is 36.2. The van der Waals surface area contributed by atoms with Gasteiger partial charge in [-0.1, -0.05) is 26.0 Å². The summed E-state index contributed by atoms with van der Waals surface area (Å²) in [6.45, 7) is 25.7. The zero-order valence-corrected chi connectivity index (χ0v) is 46.4. The van der Waals surface area contributed by atoms with Crippen molar-refractivity contribution in [2.45, 2.75) is 121 Å². The number of halogens is 1. The Balaban J connectivity index is 0.746. The smallest absolute Gasteiger partial charge is 0.241 e. The summed E-state index contributed by atoms with van der Waals surface area (Å²) in [5, 5.41) is 11.9. The molecule has 8 heterocycles. The summed E-state index contributed by atoms with van der Waals surface area (Å²) < 4.78 is 47.4. The molecule has 17 nitrogen and oxygen atoms in total. The number of nitrogens with zero attached hydrogens (tertiary/aromatic N) is 11. The van der Waals surface area contributed by atoms with Gasteiger partial charge in [-0.2, -0.15) is 5.10 Å². The van der Waals surface area contributed by atoms with E-state index in [4.69, 9.17) is 19.7 Å². The number of sulfone groups is 1. The third-order valence-electron chi connectivity index (χ3n) is 16.3. The molecule has 0 bridgehead atoms. The van der Waals surface area contributed by atoms with Gasteiger partial charge in [-0.3, -0.25) is 24.7 Å². The number of nitrogens with one attached hydrogen (secondary N) is 2. The average Bonchev–Trinajstić information content (AvgIpc) is 3.88. The predicted molar refractivity (Wildman–Crippen MR) is 295 cm³/mol. The number of aromatic amines is 1. The van der Waals surface area contributed by atoms with Crippen molar-refractivity contribution in [3.8, 4) is 5.75 Å². The van der Waals surface area contributed by atoms with Gasteiger partial charge in [0.2, 0.25) is 5.91 Å². The van der Waals surface area contributed by atoms with Crippen LogP contribution in [0.25, 0.3) is 10.9 Å². The van der Waals surface area contributed by atoms with Crippen LogP contribution in [-0.4, -0.2) is 154 Å². The van der Waals surface area contributed by atoms with E-state index in [2.05, 4.69) is 84.9 Å². The van der Waals surface area contributed by atoms with Gasteiger partial charge in [0.05, 0.1) is 46.2 Å². The van der Waals surface area contributed by atoms with Gasteiger partial charge in [-0.05, 0) is 115 Å². The highest BCUT2D eigenvalue weighted by Crippen LogP contribution is 2.41. The molecule has 0 unspecified atom stereocenters. The maximum atomic E-state index is 14.4. The fourth-order valence-electron chi connectivity index (χ4n) is 11.3. The van der Waals surface area contributed by atoms with Crippen LogP contribution in [0.15, 0.2) is 72.3 Å². The molecule has 19 heteroatoms. The number of carbonyl (C=O) groups is 1. The second-order valence-electron chi connectivity index (χ2n) is 23.4. The molecule has 0 spiro atoms. The van der Waals surface area contributed by atoms with E-state index in [1.807, 2.05) is 24.9 Å². The van der Waals surface area contributed by atoms with Gasteiger partial charge in [0.25, 0.3) is 0 Å². The Morgan fingerprint density at radius 3 is 2.29 bits per heavy atom. The van der Waals surface area contributed by atoms with E-state index < -0.39 is 14.6 Å². The molecule has 3 fully saturated rings. The maximum Gasteiger partial charge on any atom is 0.241 e. The topological polar surface area (TPSA) is 182 Å². The number of fused-ring (bicyclic) bond motifs is 2. The molecular weight excluding hydrogens is 982 g/mol. The number of ether oxygens (including phenoxy) is 1. The summed E-state index contributed by atoms with van der Waals surface area (Å²) in [5.41, 5.74) is 7.75. The summed E-state index contributed by atoms with van der Waals surface area (Å²) in [7, 11) is -3.80. The van der Waals surface area contributed by atoms with Crippen molar-refractivity contribution < 1.29 is 22.3 Å². The lowest BCUT2D eigenvalue weighted by molar-refractivity contribution is -0.120. The van der Waals surface area contributed by atoms with Crippen molar-refractivity contribution in [3.63, 3.8) is 0 Å². The van der Waals surface area contributed by atoms with E-state index >= 15 is 0 Å². The molecule has 4 aromatic heterocycles. The highest BCUT2D eigenvalue weighted by atomic mass is 32.2. The third-order valence-corrected chi connectivity index (χ3v) is 18.8. The highest BCUT2D eigenvalue weighted by Gasteiger charge is 2.42. The van der Waals surface area contributed by atoms with Crippen molar-refractivity contribution >= 4 is 44.0 Å². The van der Waals surface area contributed by atoms with Gasteiger partial charge in [0.15, 0.2) is 9.84 Å². The number of rotatable bonds is 14. The van der Waals surface area contributed by atoms with Crippen LogP contribution in [0.2, 0.25) is 0 Å². The minimum Gasteiger partial charge on any atom is -0.492 e. The zero-order valence-electron chi connectivity index (χ0n) is 45.6. The van der Waals surface area contributed by atoms with Crippen molar-refractivity contribution in [1.82, 2.24) is 50.2 Å². The van der Waals surface area contributed by atoms with Crippen LogP contribution in [0.5, 0.6) is 5.75 Å². The number of piperidine rings is 1. The van der Waals surface area contributed by atoms with Crippen molar-refractivity contribution in [2.24, 2.45) is 5.92 Å². The lowest BCUT2D eigenvalue weighted by Gasteiger charge is -2.46. The van der Waals surface area contributed by atoms with Gasteiger partial charge >= 0.3 is 0 Å². The Kier molecular flexibility index (Phi) is 15.0. The Bertz CT molecular complexity index is 3190. The number of carbonyl (C=O) groups excluding carboxylic acids is 1. The predicted octanol–water partition coefficient (Wildman–Crippen LogP) is 6.84. The lowest BCUT2D eigenvalue weighted by atomic mass is 9.91.